The zero-order valence-corrected chi connectivity index (χ0v) is 12.3. The van der Waals surface area contributed by atoms with E-state index >= 15 is 0 Å². The van der Waals surface area contributed by atoms with Gasteiger partial charge in [-0.1, -0.05) is 26.8 Å². The molecule has 1 unspecified atom stereocenters. The molecule has 20 heavy (non-hydrogen) atoms. The van der Waals surface area contributed by atoms with Crippen LogP contribution in [-0.4, -0.2) is 17.9 Å². The largest absolute Gasteiger partial charge is 0.326 e. The minimum Gasteiger partial charge on any atom is -0.326 e. The van der Waals surface area contributed by atoms with Crippen molar-refractivity contribution in [1.82, 2.24) is 0 Å². The fourth-order valence-corrected chi connectivity index (χ4v) is 1.77. The van der Waals surface area contributed by atoms with E-state index in [-0.39, 0.29) is 11.8 Å². The van der Waals surface area contributed by atoms with Crippen molar-refractivity contribution < 1.29 is 9.59 Å². The van der Waals surface area contributed by atoms with Crippen molar-refractivity contribution in [2.45, 2.75) is 39.7 Å². The molecular formula is C15H23N3O2. The molecule has 110 valence electrons. The molecule has 0 radical (unpaired) electrons. The summed E-state index contributed by atoms with van der Waals surface area (Å²) in [5.74, 6) is 0.0913. The minimum absolute atomic E-state index is 0.0648. The Bertz CT molecular complexity index is 472. The summed E-state index contributed by atoms with van der Waals surface area (Å²) in [5, 5.41) is 5.51. The number of benzene rings is 1. The van der Waals surface area contributed by atoms with Crippen molar-refractivity contribution in [2.75, 3.05) is 10.6 Å². The molecule has 0 saturated carbocycles. The second-order valence-electron chi connectivity index (χ2n) is 5.21. The van der Waals surface area contributed by atoms with Gasteiger partial charge in [-0.15, -0.1) is 0 Å². The van der Waals surface area contributed by atoms with Crippen LogP contribution in [0.5, 0.6) is 0 Å². The minimum atomic E-state index is -0.524. The van der Waals surface area contributed by atoms with Gasteiger partial charge in [-0.3, -0.25) is 9.59 Å². The highest BCUT2D eigenvalue weighted by Crippen LogP contribution is 2.16. The maximum Gasteiger partial charge on any atom is 0.241 e. The standard InChI is InChI=1S/C15H23N3O2/c1-4-14(19)17-11-6-5-7-12(9-11)18-15(20)13(16)8-10(2)3/h5-7,9-10,13H,4,8,16H2,1-3H3,(H,17,19)(H,18,20). The van der Waals surface area contributed by atoms with Crippen LogP contribution in [0.25, 0.3) is 0 Å². The third-order valence-corrected chi connectivity index (χ3v) is 2.80. The molecule has 5 heteroatoms. The quantitative estimate of drug-likeness (QED) is 0.746. The predicted molar refractivity (Wildman–Crippen MR) is 81.4 cm³/mol. The lowest BCUT2D eigenvalue weighted by atomic mass is 10.0. The van der Waals surface area contributed by atoms with Crippen LogP contribution < -0.4 is 16.4 Å². The molecule has 2 amide bonds. The molecule has 0 aliphatic heterocycles. The second-order valence-corrected chi connectivity index (χ2v) is 5.21. The summed E-state index contributed by atoms with van der Waals surface area (Å²) in [6, 6.07) is 6.50. The molecule has 1 aromatic carbocycles. The Kier molecular flexibility index (Phi) is 6.18. The highest BCUT2D eigenvalue weighted by Gasteiger charge is 2.15. The fraction of sp³-hybridized carbons (Fsp3) is 0.467. The Balaban J connectivity index is 2.66. The molecular weight excluding hydrogens is 254 g/mol. The van der Waals surface area contributed by atoms with Gasteiger partial charge in [0.1, 0.15) is 0 Å². The fourth-order valence-electron chi connectivity index (χ4n) is 1.77. The van der Waals surface area contributed by atoms with Crippen LogP contribution in [0, 0.1) is 5.92 Å². The van der Waals surface area contributed by atoms with Crippen LogP contribution in [0.1, 0.15) is 33.6 Å². The summed E-state index contributed by atoms with van der Waals surface area (Å²) in [6.07, 6.45) is 1.05. The summed E-state index contributed by atoms with van der Waals surface area (Å²) < 4.78 is 0. The van der Waals surface area contributed by atoms with Gasteiger partial charge in [0.25, 0.3) is 0 Å². The first-order valence-corrected chi connectivity index (χ1v) is 6.88. The maximum atomic E-state index is 11.9. The topological polar surface area (TPSA) is 84.2 Å². The van der Waals surface area contributed by atoms with Gasteiger partial charge in [-0.25, -0.2) is 0 Å². The lowest BCUT2D eigenvalue weighted by molar-refractivity contribution is -0.118. The number of nitrogens with two attached hydrogens (primary N) is 1. The van der Waals surface area contributed by atoms with E-state index in [1.54, 1.807) is 31.2 Å². The average molecular weight is 277 g/mol. The number of nitrogens with one attached hydrogen (secondary N) is 2. The van der Waals surface area contributed by atoms with Crippen molar-refractivity contribution >= 4 is 23.2 Å². The highest BCUT2D eigenvalue weighted by molar-refractivity contribution is 5.96. The number of anilines is 2. The van der Waals surface area contributed by atoms with E-state index in [0.29, 0.717) is 30.1 Å². The number of carbonyl (C=O) groups is 2. The summed E-state index contributed by atoms with van der Waals surface area (Å²) >= 11 is 0. The maximum absolute atomic E-state index is 11.9. The van der Waals surface area contributed by atoms with E-state index in [1.165, 1.54) is 0 Å². The summed E-state index contributed by atoms with van der Waals surface area (Å²) in [5.41, 5.74) is 7.11. The normalized spacial score (nSPS) is 12.1. The summed E-state index contributed by atoms with van der Waals surface area (Å²) in [6.45, 7) is 5.83. The van der Waals surface area contributed by atoms with Gasteiger partial charge in [-0.2, -0.15) is 0 Å². The summed E-state index contributed by atoms with van der Waals surface area (Å²) in [4.78, 5) is 23.2. The molecule has 4 N–H and O–H groups in total. The second kappa shape index (κ2) is 7.65. The van der Waals surface area contributed by atoms with Gasteiger partial charge in [0.05, 0.1) is 6.04 Å². The molecule has 0 aliphatic carbocycles. The van der Waals surface area contributed by atoms with Crippen molar-refractivity contribution in [1.29, 1.82) is 0 Å². The van der Waals surface area contributed by atoms with Crippen LogP contribution in [0.3, 0.4) is 0 Å². The Morgan fingerprint density at radius 1 is 1.20 bits per heavy atom. The zero-order valence-electron chi connectivity index (χ0n) is 12.3. The van der Waals surface area contributed by atoms with Crippen LogP contribution in [0.2, 0.25) is 0 Å². The van der Waals surface area contributed by atoms with Crippen molar-refractivity contribution in [3.63, 3.8) is 0 Å². The molecule has 0 saturated heterocycles. The van der Waals surface area contributed by atoms with E-state index in [4.69, 9.17) is 5.73 Å². The van der Waals surface area contributed by atoms with Crippen LogP contribution in [0.15, 0.2) is 24.3 Å². The molecule has 1 aromatic rings. The lowest BCUT2D eigenvalue weighted by Gasteiger charge is -2.14. The van der Waals surface area contributed by atoms with E-state index in [2.05, 4.69) is 10.6 Å². The zero-order chi connectivity index (χ0) is 15.1. The molecule has 0 spiro atoms. The number of rotatable bonds is 6. The van der Waals surface area contributed by atoms with E-state index in [1.807, 2.05) is 13.8 Å². The van der Waals surface area contributed by atoms with Crippen molar-refractivity contribution in [3.8, 4) is 0 Å². The Hall–Kier alpha value is -1.88. The van der Waals surface area contributed by atoms with Gasteiger partial charge >= 0.3 is 0 Å². The van der Waals surface area contributed by atoms with Gasteiger partial charge in [0, 0.05) is 17.8 Å². The van der Waals surface area contributed by atoms with Gasteiger partial charge in [-0.05, 0) is 30.5 Å². The molecule has 5 nitrogen and oxygen atoms in total. The summed E-state index contributed by atoms with van der Waals surface area (Å²) in [7, 11) is 0. The molecule has 1 rings (SSSR count). The Morgan fingerprint density at radius 2 is 1.80 bits per heavy atom. The Labute approximate surface area is 119 Å². The van der Waals surface area contributed by atoms with E-state index in [9.17, 15) is 9.59 Å². The first kappa shape index (κ1) is 16.2. The number of amides is 2. The van der Waals surface area contributed by atoms with Crippen LogP contribution in [-0.2, 0) is 9.59 Å². The third kappa shape index (κ3) is 5.40. The monoisotopic (exact) mass is 277 g/mol. The average Bonchev–Trinajstić information content (AvgIpc) is 2.38. The number of hydrogen-bond acceptors (Lipinski definition) is 3. The van der Waals surface area contributed by atoms with Crippen molar-refractivity contribution in [2.24, 2.45) is 11.7 Å². The number of hydrogen-bond donors (Lipinski definition) is 3. The third-order valence-electron chi connectivity index (χ3n) is 2.80. The molecule has 1 atom stereocenters. The predicted octanol–water partition coefficient (Wildman–Crippen LogP) is 2.35. The van der Waals surface area contributed by atoms with Gasteiger partial charge < -0.3 is 16.4 Å². The van der Waals surface area contributed by atoms with Crippen LogP contribution in [0.4, 0.5) is 11.4 Å². The Morgan fingerprint density at radius 3 is 2.35 bits per heavy atom. The van der Waals surface area contributed by atoms with E-state index in [0.717, 1.165) is 0 Å². The van der Waals surface area contributed by atoms with Gasteiger partial charge in [0.15, 0.2) is 0 Å². The SMILES string of the molecule is CCC(=O)Nc1cccc(NC(=O)C(N)CC(C)C)c1. The lowest BCUT2D eigenvalue weighted by Crippen LogP contribution is -2.36. The van der Waals surface area contributed by atoms with Crippen molar-refractivity contribution in [3.05, 3.63) is 24.3 Å². The smallest absolute Gasteiger partial charge is 0.241 e. The molecule has 0 heterocycles. The first-order valence-electron chi connectivity index (χ1n) is 6.88. The van der Waals surface area contributed by atoms with Crippen LogP contribution >= 0.6 is 0 Å². The van der Waals surface area contributed by atoms with E-state index < -0.39 is 6.04 Å². The molecule has 0 aromatic heterocycles. The number of carbonyl (C=O) groups excluding carboxylic acids is 2. The highest BCUT2D eigenvalue weighted by atomic mass is 16.2. The van der Waals surface area contributed by atoms with Gasteiger partial charge in [0.2, 0.25) is 11.8 Å². The first-order chi connectivity index (χ1) is 9.42. The molecule has 0 fully saturated rings. The molecule has 0 aliphatic rings. The molecule has 0 bridgehead atoms.